The van der Waals surface area contributed by atoms with Crippen molar-refractivity contribution in [1.29, 1.82) is 0 Å². The van der Waals surface area contributed by atoms with Crippen LogP contribution in [0.5, 0.6) is 0 Å². The van der Waals surface area contributed by atoms with Crippen molar-refractivity contribution in [3.8, 4) is 0 Å². The number of thiazole rings is 1. The van der Waals surface area contributed by atoms with E-state index in [1.165, 1.54) is 38.8 Å². The Labute approximate surface area is 162 Å². The molecule has 0 spiro atoms. The van der Waals surface area contributed by atoms with Gasteiger partial charge in [-0.3, -0.25) is 4.99 Å². The first kappa shape index (κ1) is 21.1. The summed E-state index contributed by atoms with van der Waals surface area (Å²) in [6.45, 7) is 10.1. The zero-order valence-corrected chi connectivity index (χ0v) is 17.6. The van der Waals surface area contributed by atoms with Crippen LogP contribution in [0, 0.1) is 0 Å². The second kappa shape index (κ2) is 11.5. The predicted octanol–water partition coefficient (Wildman–Crippen LogP) is 3.12. The van der Waals surface area contributed by atoms with Crippen molar-refractivity contribution in [2.45, 2.75) is 52.2 Å². The third-order valence-corrected chi connectivity index (χ3v) is 5.80. The second-order valence-electron chi connectivity index (χ2n) is 6.90. The van der Waals surface area contributed by atoms with Gasteiger partial charge in [0.25, 0.3) is 0 Å². The number of rotatable bonds is 8. The van der Waals surface area contributed by atoms with Crippen molar-refractivity contribution in [3.05, 3.63) is 16.1 Å². The molecule has 26 heavy (non-hydrogen) atoms. The number of guanidine groups is 1. The van der Waals surface area contributed by atoms with Crippen molar-refractivity contribution in [1.82, 2.24) is 20.1 Å². The summed E-state index contributed by atoms with van der Waals surface area (Å²) in [5, 5.41) is 6.54. The van der Waals surface area contributed by atoms with Crippen LogP contribution in [0.2, 0.25) is 0 Å². The topological polar surface area (TPSA) is 53.0 Å². The average Bonchev–Trinajstić information content (AvgIpc) is 2.95. The van der Waals surface area contributed by atoms with E-state index in [1.54, 1.807) is 18.4 Å². The highest BCUT2D eigenvalue weighted by Crippen LogP contribution is 2.20. The Morgan fingerprint density at radius 1 is 1.38 bits per heavy atom. The summed E-state index contributed by atoms with van der Waals surface area (Å²) in [7, 11) is 3.80. The first-order chi connectivity index (χ1) is 12.6. The van der Waals surface area contributed by atoms with Crippen molar-refractivity contribution in [2.24, 2.45) is 4.99 Å². The number of hydrogen-bond acceptors (Lipinski definition) is 5. The molecule has 6 nitrogen and oxygen atoms in total. The normalized spacial score (nSPS) is 17.8. The third kappa shape index (κ3) is 6.85. The SMILES string of the molecule is CCNC(=NCCN1CCCCCC1)N(C)Cc1csc(C(C)OC)n1. The van der Waals surface area contributed by atoms with Crippen LogP contribution in [0.15, 0.2) is 10.4 Å². The highest BCUT2D eigenvalue weighted by atomic mass is 32.1. The molecule has 1 N–H and O–H groups in total. The lowest BCUT2D eigenvalue weighted by Gasteiger charge is -2.22. The zero-order chi connectivity index (χ0) is 18.8. The molecule has 1 aliphatic heterocycles. The first-order valence-electron chi connectivity index (χ1n) is 9.83. The smallest absolute Gasteiger partial charge is 0.194 e. The van der Waals surface area contributed by atoms with Crippen LogP contribution in [-0.2, 0) is 11.3 Å². The van der Waals surface area contributed by atoms with Gasteiger partial charge in [-0.1, -0.05) is 12.8 Å². The maximum atomic E-state index is 5.35. The van der Waals surface area contributed by atoms with Crippen LogP contribution >= 0.6 is 11.3 Å². The van der Waals surface area contributed by atoms with Gasteiger partial charge in [0.15, 0.2) is 5.96 Å². The quantitative estimate of drug-likeness (QED) is 0.554. The molecule has 148 valence electrons. The van der Waals surface area contributed by atoms with Crippen molar-refractivity contribution < 1.29 is 4.74 Å². The van der Waals surface area contributed by atoms with Crippen LogP contribution in [0.1, 0.15) is 56.3 Å². The van der Waals surface area contributed by atoms with E-state index in [2.05, 4.69) is 39.5 Å². The summed E-state index contributed by atoms with van der Waals surface area (Å²) >= 11 is 1.66. The number of hydrogen-bond donors (Lipinski definition) is 1. The molecule has 2 rings (SSSR count). The van der Waals surface area contributed by atoms with Crippen molar-refractivity contribution in [2.75, 3.05) is 46.9 Å². The summed E-state index contributed by atoms with van der Waals surface area (Å²) in [5.41, 5.74) is 1.06. The summed E-state index contributed by atoms with van der Waals surface area (Å²) in [6.07, 6.45) is 5.46. The minimum absolute atomic E-state index is 0.0505. The Hall–Kier alpha value is -1.18. The number of likely N-dealkylation sites (tertiary alicyclic amines) is 1. The molecule has 1 saturated heterocycles. The van der Waals surface area contributed by atoms with Gasteiger partial charge >= 0.3 is 0 Å². The number of nitrogens with zero attached hydrogens (tertiary/aromatic N) is 4. The molecule has 1 aliphatic rings. The van der Waals surface area contributed by atoms with Crippen molar-refractivity contribution >= 4 is 17.3 Å². The molecule has 0 radical (unpaired) electrons. The lowest BCUT2D eigenvalue weighted by Crippen LogP contribution is -2.39. The van der Waals surface area contributed by atoms with Gasteiger partial charge in [0.2, 0.25) is 0 Å². The number of ether oxygens (including phenoxy) is 1. The van der Waals surface area contributed by atoms with Crippen LogP contribution in [0.3, 0.4) is 0 Å². The second-order valence-corrected chi connectivity index (χ2v) is 7.79. The number of nitrogens with one attached hydrogen (secondary N) is 1. The summed E-state index contributed by atoms with van der Waals surface area (Å²) in [6, 6.07) is 0. The van der Waals surface area contributed by atoms with Crippen LogP contribution in [0.4, 0.5) is 0 Å². The van der Waals surface area contributed by atoms with Gasteiger partial charge in [0.1, 0.15) is 11.1 Å². The monoisotopic (exact) mass is 381 g/mol. The van der Waals surface area contributed by atoms with Crippen LogP contribution in [-0.4, -0.2) is 67.6 Å². The van der Waals surface area contributed by atoms with E-state index in [1.807, 2.05) is 6.92 Å². The molecule has 1 atom stereocenters. The molecular weight excluding hydrogens is 346 g/mol. The molecule has 1 unspecified atom stereocenters. The Morgan fingerprint density at radius 2 is 2.12 bits per heavy atom. The van der Waals surface area contributed by atoms with Gasteiger partial charge in [-0.05, 0) is 39.8 Å². The van der Waals surface area contributed by atoms with Crippen LogP contribution in [0.25, 0.3) is 0 Å². The van der Waals surface area contributed by atoms with Gasteiger partial charge < -0.3 is 19.9 Å². The highest BCUT2D eigenvalue weighted by molar-refractivity contribution is 7.09. The zero-order valence-electron chi connectivity index (χ0n) is 16.8. The van der Waals surface area contributed by atoms with Crippen LogP contribution < -0.4 is 5.32 Å². The first-order valence-corrected chi connectivity index (χ1v) is 10.7. The molecule has 0 aromatic carbocycles. The molecule has 1 fully saturated rings. The average molecular weight is 382 g/mol. The standard InChI is InChI=1S/C19H35N5OS/c1-5-20-19(21-10-13-24-11-8-6-7-9-12-24)23(3)14-17-15-26-18(22-17)16(2)25-4/h15-16H,5-14H2,1-4H3,(H,20,21). The van der Waals surface area contributed by atoms with E-state index in [9.17, 15) is 0 Å². The minimum Gasteiger partial charge on any atom is -0.375 e. The van der Waals surface area contributed by atoms with E-state index in [0.717, 1.165) is 42.8 Å². The minimum atomic E-state index is 0.0505. The summed E-state index contributed by atoms with van der Waals surface area (Å²) in [4.78, 5) is 14.2. The Morgan fingerprint density at radius 3 is 2.77 bits per heavy atom. The van der Waals surface area contributed by atoms with E-state index < -0.39 is 0 Å². The molecule has 2 heterocycles. The van der Waals surface area contributed by atoms with Gasteiger partial charge in [-0.25, -0.2) is 4.98 Å². The van der Waals surface area contributed by atoms with E-state index in [0.29, 0.717) is 0 Å². The number of methoxy groups -OCH3 is 1. The van der Waals surface area contributed by atoms with Gasteiger partial charge in [-0.15, -0.1) is 11.3 Å². The number of aromatic nitrogens is 1. The molecule has 7 heteroatoms. The van der Waals surface area contributed by atoms with E-state index in [-0.39, 0.29) is 6.10 Å². The highest BCUT2D eigenvalue weighted by Gasteiger charge is 2.13. The number of aliphatic imine (C=N–C) groups is 1. The Balaban J connectivity index is 1.88. The molecule has 0 saturated carbocycles. The Bertz CT molecular complexity index is 540. The lowest BCUT2D eigenvalue weighted by atomic mass is 10.2. The largest absolute Gasteiger partial charge is 0.375 e. The van der Waals surface area contributed by atoms with Gasteiger partial charge in [0.05, 0.1) is 18.8 Å². The van der Waals surface area contributed by atoms with E-state index >= 15 is 0 Å². The fourth-order valence-electron chi connectivity index (χ4n) is 3.13. The Kier molecular flexibility index (Phi) is 9.36. The maximum Gasteiger partial charge on any atom is 0.194 e. The molecule has 0 bridgehead atoms. The maximum absolute atomic E-state index is 5.35. The van der Waals surface area contributed by atoms with E-state index in [4.69, 9.17) is 9.73 Å². The van der Waals surface area contributed by atoms with Gasteiger partial charge in [0, 0.05) is 32.6 Å². The van der Waals surface area contributed by atoms with Gasteiger partial charge in [-0.2, -0.15) is 0 Å². The van der Waals surface area contributed by atoms with Crippen molar-refractivity contribution in [3.63, 3.8) is 0 Å². The molecular formula is C19H35N5OS. The molecule has 1 aromatic rings. The summed E-state index contributed by atoms with van der Waals surface area (Å²) < 4.78 is 5.35. The third-order valence-electron chi connectivity index (χ3n) is 4.74. The lowest BCUT2D eigenvalue weighted by molar-refractivity contribution is 0.119. The predicted molar refractivity (Wildman–Crippen MR) is 110 cm³/mol. The molecule has 0 aliphatic carbocycles. The fraction of sp³-hybridized carbons (Fsp3) is 0.789. The molecule has 1 aromatic heterocycles. The fourth-order valence-corrected chi connectivity index (χ4v) is 3.97. The summed E-state index contributed by atoms with van der Waals surface area (Å²) in [5.74, 6) is 0.955. The molecule has 0 amide bonds.